The number of anilines is 1. The standard InChI is InChI=1S/C12H11FN2O2S/c13-7-1-3-8(4-2-7)15-12(18)10-9(16)5-6-14-11(10)17/h1-4,16H,5-6H2,(H,14,17)(H,15,18). The third-order valence-electron chi connectivity index (χ3n) is 2.49. The summed E-state index contributed by atoms with van der Waals surface area (Å²) in [7, 11) is 0. The van der Waals surface area contributed by atoms with Gasteiger partial charge in [-0.05, 0) is 24.3 Å². The Morgan fingerprint density at radius 1 is 1.39 bits per heavy atom. The molecule has 0 radical (unpaired) electrons. The van der Waals surface area contributed by atoms with E-state index in [2.05, 4.69) is 10.6 Å². The van der Waals surface area contributed by atoms with Crippen LogP contribution in [-0.4, -0.2) is 22.5 Å². The molecule has 1 aromatic rings. The molecular weight excluding hydrogens is 255 g/mol. The Morgan fingerprint density at radius 3 is 2.67 bits per heavy atom. The predicted octanol–water partition coefficient (Wildman–Crippen LogP) is 1.90. The van der Waals surface area contributed by atoms with Crippen LogP contribution in [0, 0.1) is 5.82 Å². The highest BCUT2D eigenvalue weighted by atomic mass is 32.1. The van der Waals surface area contributed by atoms with E-state index in [0.29, 0.717) is 18.7 Å². The number of hydrogen-bond acceptors (Lipinski definition) is 3. The Morgan fingerprint density at radius 2 is 2.06 bits per heavy atom. The van der Waals surface area contributed by atoms with E-state index in [1.165, 1.54) is 24.3 Å². The highest BCUT2D eigenvalue weighted by molar-refractivity contribution is 7.81. The molecule has 1 aromatic carbocycles. The van der Waals surface area contributed by atoms with Gasteiger partial charge in [-0.25, -0.2) is 4.39 Å². The number of benzene rings is 1. The lowest BCUT2D eigenvalue weighted by Crippen LogP contribution is -2.36. The Balaban J connectivity index is 2.17. The molecule has 0 aromatic heterocycles. The maximum absolute atomic E-state index is 12.7. The molecule has 6 heteroatoms. The lowest BCUT2D eigenvalue weighted by Gasteiger charge is -2.18. The monoisotopic (exact) mass is 266 g/mol. The first-order chi connectivity index (χ1) is 8.58. The van der Waals surface area contributed by atoms with E-state index in [-0.39, 0.29) is 22.1 Å². The minimum atomic E-state index is -0.404. The van der Waals surface area contributed by atoms with E-state index in [0.717, 1.165) is 0 Å². The molecule has 0 atom stereocenters. The fraction of sp³-hybridized carbons (Fsp3) is 0.167. The van der Waals surface area contributed by atoms with E-state index in [1.54, 1.807) is 0 Å². The zero-order chi connectivity index (χ0) is 13.1. The fourth-order valence-electron chi connectivity index (χ4n) is 1.60. The number of carbonyl (C=O) groups is 1. The van der Waals surface area contributed by atoms with Gasteiger partial charge >= 0.3 is 0 Å². The molecule has 94 valence electrons. The van der Waals surface area contributed by atoms with Crippen molar-refractivity contribution in [2.45, 2.75) is 6.42 Å². The number of carbonyl (C=O) groups excluding carboxylic acids is 1. The maximum Gasteiger partial charge on any atom is 0.257 e. The van der Waals surface area contributed by atoms with Gasteiger partial charge < -0.3 is 15.7 Å². The predicted molar refractivity (Wildman–Crippen MR) is 69.9 cm³/mol. The van der Waals surface area contributed by atoms with Crippen molar-refractivity contribution in [3.8, 4) is 0 Å². The summed E-state index contributed by atoms with van der Waals surface area (Å²) in [6, 6.07) is 5.56. The average Bonchev–Trinajstić information content (AvgIpc) is 2.32. The van der Waals surface area contributed by atoms with Gasteiger partial charge in [-0.2, -0.15) is 0 Å². The summed E-state index contributed by atoms with van der Waals surface area (Å²) in [5.74, 6) is -0.791. The van der Waals surface area contributed by atoms with Crippen molar-refractivity contribution in [2.24, 2.45) is 0 Å². The van der Waals surface area contributed by atoms with Gasteiger partial charge in [0.15, 0.2) is 0 Å². The Kier molecular flexibility index (Phi) is 3.57. The lowest BCUT2D eigenvalue weighted by atomic mass is 10.1. The van der Waals surface area contributed by atoms with E-state index >= 15 is 0 Å². The van der Waals surface area contributed by atoms with Gasteiger partial charge in [-0.3, -0.25) is 4.79 Å². The molecule has 1 aliphatic heterocycles. The SMILES string of the molecule is O=C1NCCC(O)=C1C(=S)Nc1ccc(F)cc1. The minimum Gasteiger partial charge on any atom is -0.511 e. The van der Waals surface area contributed by atoms with Crippen molar-refractivity contribution < 1.29 is 14.3 Å². The highest BCUT2D eigenvalue weighted by Crippen LogP contribution is 2.16. The van der Waals surface area contributed by atoms with Crippen LogP contribution >= 0.6 is 12.2 Å². The van der Waals surface area contributed by atoms with Gasteiger partial charge in [-0.15, -0.1) is 0 Å². The van der Waals surface area contributed by atoms with Gasteiger partial charge in [0.25, 0.3) is 5.91 Å². The van der Waals surface area contributed by atoms with Crippen molar-refractivity contribution in [2.75, 3.05) is 11.9 Å². The van der Waals surface area contributed by atoms with Gasteiger partial charge in [-0.1, -0.05) is 12.2 Å². The van der Waals surface area contributed by atoms with Gasteiger partial charge in [0, 0.05) is 18.7 Å². The summed E-state index contributed by atoms with van der Waals surface area (Å²) in [6.07, 6.45) is 0.353. The molecule has 3 N–H and O–H groups in total. The first-order valence-electron chi connectivity index (χ1n) is 5.35. The molecular formula is C12H11FN2O2S. The number of rotatable bonds is 2. The summed E-state index contributed by atoms with van der Waals surface area (Å²) in [4.78, 5) is 11.7. The van der Waals surface area contributed by atoms with Gasteiger partial charge in [0.05, 0.1) is 0 Å². The molecule has 0 bridgehead atoms. The second-order valence-electron chi connectivity index (χ2n) is 3.79. The van der Waals surface area contributed by atoms with Crippen LogP contribution in [0.25, 0.3) is 0 Å². The number of nitrogens with one attached hydrogen (secondary N) is 2. The number of aliphatic hydroxyl groups excluding tert-OH is 1. The van der Waals surface area contributed by atoms with Crippen molar-refractivity contribution in [3.63, 3.8) is 0 Å². The first kappa shape index (κ1) is 12.5. The largest absolute Gasteiger partial charge is 0.511 e. The third kappa shape index (κ3) is 2.65. The van der Waals surface area contributed by atoms with E-state index in [9.17, 15) is 14.3 Å². The van der Waals surface area contributed by atoms with Crippen LogP contribution in [0.4, 0.5) is 10.1 Å². The first-order valence-corrected chi connectivity index (χ1v) is 5.76. The fourth-order valence-corrected chi connectivity index (χ4v) is 1.93. The molecule has 4 nitrogen and oxygen atoms in total. The molecule has 18 heavy (non-hydrogen) atoms. The lowest BCUT2D eigenvalue weighted by molar-refractivity contribution is -0.117. The van der Waals surface area contributed by atoms with Crippen molar-refractivity contribution >= 4 is 28.8 Å². The van der Waals surface area contributed by atoms with E-state index in [1.807, 2.05) is 0 Å². The average molecular weight is 266 g/mol. The molecule has 0 saturated heterocycles. The summed E-state index contributed by atoms with van der Waals surface area (Å²) in [5.41, 5.74) is 0.626. The van der Waals surface area contributed by atoms with Gasteiger partial charge in [0.1, 0.15) is 22.1 Å². The molecule has 2 rings (SSSR count). The van der Waals surface area contributed by atoms with Crippen LogP contribution in [0.1, 0.15) is 6.42 Å². The second-order valence-corrected chi connectivity index (χ2v) is 4.20. The van der Waals surface area contributed by atoms with Gasteiger partial charge in [0.2, 0.25) is 0 Å². The van der Waals surface area contributed by atoms with Crippen LogP contribution < -0.4 is 10.6 Å². The zero-order valence-corrected chi connectivity index (χ0v) is 10.2. The molecule has 1 amide bonds. The van der Waals surface area contributed by atoms with E-state index < -0.39 is 5.91 Å². The number of thiocarbonyl (C=S) groups is 1. The molecule has 1 aliphatic rings. The van der Waals surface area contributed by atoms with E-state index in [4.69, 9.17) is 12.2 Å². The zero-order valence-electron chi connectivity index (χ0n) is 9.37. The Labute approximate surface area is 109 Å². The summed E-state index contributed by atoms with van der Waals surface area (Å²) >= 11 is 5.06. The van der Waals surface area contributed by atoms with Crippen LogP contribution in [0.2, 0.25) is 0 Å². The smallest absolute Gasteiger partial charge is 0.257 e. The molecule has 0 unspecified atom stereocenters. The molecule has 0 fully saturated rings. The Hall–Kier alpha value is -1.95. The number of halogens is 1. The molecule has 1 heterocycles. The van der Waals surface area contributed by atoms with Crippen molar-refractivity contribution in [1.29, 1.82) is 0 Å². The second kappa shape index (κ2) is 5.14. The van der Waals surface area contributed by atoms with Crippen LogP contribution in [0.5, 0.6) is 0 Å². The molecule has 0 aliphatic carbocycles. The molecule has 0 saturated carbocycles. The summed E-state index contributed by atoms with van der Waals surface area (Å²) < 4.78 is 12.7. The van der Waals surface area contributed by atoms with Crippen molar-refractivity contribution in [3.05, 3.63) is 41.4 Å². The minimum absolute atomic E-state index is 0.0293. The van der Waals surface area contributed by atoms with Crippen LogP contribution in [0.15, 0.2) is 35.6 Å². The van der Waals surface area contributed by atoms with Crippen LogP contribution in [-0.2, 0) is 4.79 Å². The summed E-state index contributed by atoms with van der Waals surface area (Å²) in [6.45, 7) is 0.396. The molecule has 0 spiro atoms. The number of hydrogen-bond donors (Lipinski definition) is 3. The Bertz CT molecular complexity index is 525. The third-order valence-corrected chi connectivity index (χ3v) is 2.80. The maximum atomic E-state index is 12.7. The summed E-state index contributed by atoms with van der Waals surface area (Å²) in [5, 5.41) is 15.0. The number of amides is 1. The normalized spacial score (nSPS) is 15.3. The quantitative estimate of drug-likeness (QED) is 0.715. The van der Waals surface area contributed by atoms with Crippen molar-refractivity contribution in [1.82, 2.24) is 5.32 Å². The van der Waals surface area contributed by atoms with Crippen LogP contribution in [0.3, 0.4) is 0 Å². The number of aliphatic hydroxyl groups is 1. The highest BCUT2D eigenvalue weighted by Gasteiger charge is 2.23. The topological polar surface area (TPSA) is 61.4 Å².